The first-order valence-electron chi connectivity index (χ1n) is 11.6. The van der Waals surface area contributed by atoms with Gasteiger partial charge in [0.15, 0.2) is 6.10 Å². The fourth-order valence-corrected chi connectivity index (χ4v) is 4.05. The number of hydrogen-bond acceptors (Lipinski definition) is 4. The average molecular weight is 464 g/mol. The molecular formula is C29H25N3O3. The van der Waals surface area contributed by atoms with Crippen molar-refractivity contribution in [2.45, 2.75) is 26.4 Å². The van der Waals surface area contributed by atoms with Crippen LogP contribution in [-0.2, 0) is 9.53 Å². The molecule has 0 aliphatic carbocycles. The van der Waals surface area contributed by atoms with E-state index in [2.05, 4.69) is 15.3 Å². The van der Waals surface area contributed by atoms with Gasteiger partial charge < -0.3 is 15.0 Å². The quantitative estimate of drug-likeness (QED) is 0.291. The maximum Gasteiger partial charge on any atom is 0.338 e. The number of nitrogens with one attached hydrogen (secondary N) is 2. The number of esters is 1. The molecule has 6 nitrogen and oxygen atoms in total. The van der Waals surface area contributed by atoms with Gasteiger partial charge in [-0.2, -0.15) is 0 Å². The van der Waals surface area contributed by atoms with E-state index in [0.29, 0.717) is 17.7 Å². The lowest BCUT2D eigenvalue weighted by Crippen LogP contribution is -2.32. The lowest BCUT2D eigenvalue weighted by Gasteiger charge is -2.17. The standard InChI is InChI=1S/C29H25N3O3/c1-3-26(28(33)32-23-10-6-8-19-7-4-5-9-22(19)23)35-29(34)21-15-16-24-25(17-21)31-27(30-24)20-13-11-18(2)12-14-20/h4-17,26H,3H2,1-2H3,(H,30,31)(H,32,33). The molecule has 0 fully saturated rings. The monoisotopic (exact) mass is 463 g/mol. The van der Waals surface area contributed by atoms with Crippen LogP contribution in [0.15, 0.2) is 84.9 Å². The van der Waals surface area contributed by atoms with Gasteiger partial charge in [0.2, 0.25) is 0 Å². The number of aromatic amines is 1. The van der Waals surface area contributed by atoms with Crippen LogP contribution in [0.2, 0.25) is 0 Å². The summed E-state index contributed by atoms with van der Waals surface area (Å²) in [7, 11) is 0. The number of ether oxygens (including phenoxy) is 1. The van der Waals surface area contributed by atoms with E-state index in [1.54, 1.807) is 18.2 Å². The Morgan fingerprint density at radius 3 is 2.54 bits per heavy atom. The molecule has 0 bridgehead atoms. The highest BCUT2D eigenvalue weighted by Crippen LogP contribution is 2.24. The molecule has 6 heteroatoms. The number of hydrogen-bond donors (Lipinski definition) is 2. The number of imidazole rings is 1. The van der Waals surface area contributed by atoms with Gasteiger partial charge in [-0.1, -0.05) is 73.2 Å². The second-order valence-electron chi connectivity index (χ2n) is 8.50. The lowest BCUT2D eigenvalue weighted by molar-refractivity contribution is -0.124. The van der Waals surface area contributed by atoms with Crippen molar-refractivity contribution in [2.75, 3.05) is 5.32 Å². The van der Waals surface area contributed by atoms with Gasteiger partial charge in [0.05, 0.1) is 16.6 Å². The summed E-state index contributed by atoms with van der Waals surface area (Å²) in [5.74, 6) is -0.189. The van der Waals surface area contributed by atoms with Gasteiger partial charge in [-0.25, -0.2) is 9.78 Å². The summed E-state index contributed by atoms with van der Waals surface area (Å²) in [6, 6.07) is 26.7. The van der Waals surface area contributed by atoms with Crippen LogP contribution in [0.5, 0.6) is 0 Å². The largest absolute Gasteiger partial charge is 0.449 e. The molecule has 1 heterocycles. The van der Waals surface area contributed by atoms with Crippen LogP contribution in [0.1, 0.15) is 29.3 Å². The van der Waals surface area contributed by atoms with Gasteiger partial charge in [0.1, 0.15) is 5.82 Å². The van der Waals surface area contributed by atoms with Crippen molar-refractivity contribution >= 4 is 39.4 Å². The second-order valence-corrected chi connectivity index (χ2v) is 8.50. The van der Waals surface area contributed by atoms with E-state index in [-0.39, 0.29) is 5.91 Å². The number of aryl methyl sites for hydroxylation is 1. The number of rotatable bonds is 6. The van der Waals surface area contributed by atoms with Gasteiger partial charge in [-0.05, 0) is 43.0 Å². The zero-order valence-corrected chi connectivity index (χ0v) is 19.5. The van der Waals surface area contributed by atoms with Gasteiger partial charge in [0.25, 0.3) is 5.91 Å². The van der Waals surface area contributed by atoms with Crippen molar-refractivity contribution in [2.24, 2.45) is 0 Å². The van der Waals surface area contributed by atoms with E-state index in [0.717, 1.165) is 33.2 Å². The third-order valence-electron chi connectivity index (χ3n) is 6.00. The van der Waals surface area contributed by atoms with Crippen LogP contribution < -0.4 is 5.32 Å². The van der Waals surface area contributed by atoms with Crippen molar-refractivity contribution in [1.82, 2.24) is 9.97 Å². The predicted molar refractivity (Wildman–Crippen MR) is 138 cm³/mol. The van der Waals surface area contributed by atoms with Gasteiger partial charge in [0, 0.05) is 16.6 Å². The van der Waals surface area contributed by atoms with E-state index in [9.17, 15) is 9.59 Å². The number of aromatic nitrogens is 2. The zero-order chi connectivity index (χ0) is 24.4. The molecule has 0 saturated heterocycles. The molecule has 5 aromatic rings. The summed E-state index contributed by atoms with van der Waals surface area (Å²) in [5, 5.41) is 4.87. The molecule has 2 N–H and O–H groups in total. The Kier molecular flexibility index (Phi) is 6.02. The summed E-state index contributed by atoms with van der Waals surface area (Å²) in [6.07, 6.45) is -0.561. The Hall–Kier alpha value is -4.45. The highest BCUT2D eigenvalue weighted by atomic mass is 16.5. The van der Waals surface area contributed by atoms with Crippen LogP contribution in [0, 0.1) is 6.92 Å². The van der Waals surface area contributed by atoms with Crippen molar-refractivity contribution in [3.8, 4) is 11.4 Å². The van der Waals surface area contributed by atoms with Crippen molar-refractivity contribution < 1.29 is 14.3 Å². The van der Waals surface area contributed by atoms with Crippen LogP contribution >= 0.6 is 0 Å². The minimum absolute atomic E-state index is 0.353. The van der Waals surface area contributed by atoms with Crippen LogP contribution in [0.3, 0.4) is 0 Å². The number of benzene rings is 4. The predicted octanol–water partition coefficient (Wildman–Crippen LogP) is 6.27. The fraction of sp³-hybridized carbons (Fsp3) is 0.138. The number of carbonyl (C=O) groups excluding carboxylic acids is 2. The SMILES string of the molecule is CCC(OC(=O)c1ccc2nc(-c3ccc(C)cc3)[nH]c2c1)C(=O)Nc1cccc2ccccc12. The fourth-order valence-electron chi connectivity index (χ4n) is 4.05. The molecule has 0 aliphatic heterocycles. The number of amides is 1. The number of carbonyl (C=O) groups is 2. The number of nitrogens with zero attached hydrogens (tertiary/aromatic N) is 1. The first kappa shape index (κ1) is 22.3. The van der Waals surface area contributed by atoms with E-state index < -0.39 is 12.1 Å². The Bertz CT molecular complexity index is 1530. The Morgan fingerprint density at radius 1 is 0.971 bits per heavy atom. The number of anilines is 1. The summed E-state index contributed by atoms with van der Waals surface area (Å²) in [5.41, 5.74) is 4.65. The minimum atomic E-state index is -0.915. The van der Waals surface area contributed by atoms with Gasteiger partial charge >= 0.3 is 5.97 Å². The summed E-state index contributed by atoms with van der Waals surface area (Å²) in [6.45, 7) is 3.85. The number of H-pyrrole nitrogens is 1. The third kappa shape index (κ3) is 4.64. The first-order chi connectivity index (χ1) is 17.0. The Balaban J connectivity index is 1.33. The molecule has 4 aromatic carbocycles. The highest BCUT2D eigenvalue weighted by Gasteiger charge is 2.23. The lowest BCUT2D eigenvalue weighted by atomic mass is 10.1. The highest BCUT2D eigenvalue weighted by molar-refractivity contribution is 6.04. The van der Waals surface area contributed by atoms with Crippen molar-refractivity contribution in [3.63, 3.8) is 0 Å². The zero-order valence-electron chi connectivity index (χ0n) is 19.5. The molecule has 5 rings (SSSR count). The Morgan fingerprint density at radius 2 is 1.74 bits per heavy atom. The third-order valence-corrected chi connectivity index (χ3v) is 6.00. The summed E-state index contributed by atoms with van der Waals surface area (Å²) in [4.78, 5) is 33.7. The second kappa shape index (κ2) is 9.43. The van der Waals surface area contributed by atoms with Gasteiger partial charge in [-0.15, -0.1) is 0 Å². The molecule has 0 spiro atoms. The topological polar surface area (TPSA) is 84.1 Å². The minimum Gasteiger partial charge on any atom is -0.449 e. The maximum absolute atomic E-state index is 12.9. The molecular weight excluding hydrogens is 438 g/mol. The van der Waals surface area contributed by atoms with E-state index in [1.165, 1.54) is 5.56 Å². The van der Waals surface area contributed by atoms with Crippen LogP contribution in [0.25, 0.3) is 33.2 Å². The molecule has 0 radical (unpaired) electrons. The van der Waals surface area contributed by atoms with Crippen molar-refractivity contribution in [1.29, 1.82) is 0 Å². The molecule has 0 aliphatic rings. The first-order valence-corrected chi connectivity index (χ1v) is 11.6. The van der Waals surface area contributed by atoms with E-state index >= 15 is 0 Å². The normalized spacial score (nSPS) is 11.9. The van der Waals surface area contributed by atoms with Crippen LogP contribution in [-0.4, -0.2) is 27.9 Å². The van der Waals surface area contributed by atoms with E-state index in [4.69, 9.17) is 4.74 Å². The molecule has 1 aromatic heterocycles. The van der Waals surface area contributed by atoms with E-state index in [1.807, 2.05) is 80.6 Å². The summed E-state index contributed by atoms with van der Waals surface area (Å²) >= 11 is 0. The molecule has 1 amide bonds. The Labute approximate surface area is 203 Å². The summed E-state index contributed by atoms with van der Waals surface area (Å²) < 4.78 is 5.60. The average Bonchev–Trinajstić information content (AvgIpc) is 3.31. The maximum atomic E-state index is 12.9. The molecule has 35 heavy (non-hydrogen) atoms. The molecule has 174 valence electrons. The number of fused-ring (bicyclic) bond motifs is 2. The molecule has 0 saturated carbocycles. The molecule has 1 unspecified atom stereocenters. The van der Waals surface area contributed by atoms with Crippen molar-refractivity contribution in [3.05, 3.63) is 96.1 Å². The smallest absolute Gasteiger partial charge is 0.338 e. The molecule has 1 atom stereocenters. The van der Waals surface area contributed by atoms with Gasteiger partial charge in [-0.3, -0.25) is 4.79 Å². The van der Waals surface area contributed by atoms with Crippen LogP contribution in [0.4, 0.5) is 5.69 Å².